The fourth-order valence-electron chi connectivity index (χ4n) is 1.76. The van der Waals surface area contributed by atoms with E-state index in [1.807, 2.05) is 11.8 Å². The van der Waals surface area contributed by atoms with Gasteiger partial charge in [-0.05, 0) is 26.3 Å². The van der Waals surface area contributed by atoms with Gasteiger partial charge in [-0.25, -0.2) is 0 Å². The number of nitrogens with zero attached hydrogens (tertiary/aromatic N) is 1. The molecule has 78 valence electrons. The summed E-state index contributed by atoms with van der Waals surface area (Å²) in [5, 5.41) is 0. The van der Waals surface area contributed by atoms with Crippen molar-refractivity contribution in [3.8, 4) is 0 Å². The molecule has 1 rings (SSSR count). The second kappa shape index (κ2) is 4.31. The lowest BCUT2D eigenvalue weighted by molar-refractivity contribution is -0.139. The molecule has 4 heteroatoms. The minimum Gasteiger partial charge on any atom is -0.300 e. The molecule has 0 N–H and O–H groups in total. The van der Waals surface area contributed by atoms with E-state index < -0.39 is 12.6 Å². The zero-order chi connectivity index (χ0) is 9.90. The lowest BCUT2D eigenvalue weighted by Gasteiger charge is -2.33. The summed E-state index contributed by atoms with van der Waals surface area (Å²) in [6.07, 6.45) is -1.43. The van der Waals surface area contributed by atoms with E-state index in [0.717, 1.165) is 25.8 Å². The molecule has 1 aliphatic rings. The molecule has 1 aliphatic heterocycles. The van der Waals surface area contributed by atoms with Crippen molar-refractivity contribution in [3.63, 3.8) is 0 Å². The molecular weight excluding hydrogens is 179 g/mol. The highest BCUT2D eigenvalue weighted by molar-refractivity contribution is 4.73. The number of piperidine rings is 1. The van der Waals surface area contributed by atoms with E-state index in [2.05, 4.69) is 0 Å². The van der Waals surface area contributed by atoms with Gasteiger partial charge in [0.1, 0.15) is 0 Å². The average Bonchev–Trinajstić information content (AvgIpc) is 2.01. The van der Waals surface area contributed by atoms with Crippen LogP contribution in [0.25, 0.3) is 0 Å². The van der Waals surface area contributed by atoms with E-state index in [1.54, 1.807) is 0 Å². The second-order valence-electron chi connectivity index (χ2n) is 3.75. The minimum atomic E-state index is -4.00. The van der Waals surface area contributed by atoms with Crippen LogP contribution in [-0.4, -0.2) is 30.2 Å². The van der Waals surface area contributed by atoms with Crippen LogP contribution < -0.4 is 0 Å². The van der Waals surface area contributed by atoms with Crippen molar-refractivity contribution in [2.45, 2.75) is 44.8 Å². The van der Waals surface area contributed by atoms with Gasteiger partial charge < -0.3 is 4.90 Å². The first-order valence-electron chi connectivity index (χ1n) is 4.80. The van der Waals surface area contributed by atoms with Gasteiger partial charge in [0, 0.05) is 12.6 Å². The van der Waals surface area contributed by atoms with Crippen LogP contribution in [0.4, 0.5) is 13.2 Å². The van der Waals surface area contributed by atoms with Crippen molar-refractivity contribution in [2.75, 3.05) is 13.1 Å². The highest BCUT2D eigenvalue weighted by Crippen LogP contribution is 2.23. The summed E-state index contributed by atoms with van der Waals surface area (Å²) in [4.78, 5) is 1.94. The van der Waals surface area contributed by atoms with Gasteiger partial charge in [0.05, 0.1) is 6.42 Å². The molecule has 0 bridgehead atoms. The van der Waals surface area contributed by atoms with E-state index in [-0.39, 0.29) is 6.54 Å². The second-order valence-corrected chi connectivity index (χ2v) is 3.75. The SMILES string of the molecule is CC1CCCCN1CCC(F)(F)F. The number of likely N-dealkylation sites (tertiary alicyclic amines) is 1. The normalized spacial score (nSPS) is 26.3. The first-order chi connectivity index (χ1) is 5.99. The summed E-state index contributed by atoms with van der Waals surface area (Å²) < 4.78 is 35.7. The Morgan fingerprint density at radius 1 is 1.31 bits per heavy atom. The predicted octanol–water partition coefficient (Wildman–Crippen LogP) is 2.81. The fourth-order valence-corrected chi connectivity index (χ4v) is 1.76. The number of alkyl halides is 3. The van der Waals surface area contributed by atoms with Crippen molar-refractivity contribution in [1.82, 2.24) is 4.90 Å². The van der Waals surface area contributed by atoms with Crippen LogP contribution in [0.5, 0.6) is 0 Å². The van der Waals surface area contributed by atoms with Gasteiger partial charge in [-0.2, -0.15) is 13.2 Å². The molecule has 0 aromatic rings. The molecule has 1 nitrogen and oxygen atoms in total. The first kappa shape index (κ1) is 10.8. The Bertz CT molecular complexity index is 155. The third-order valence-electron chi connectivity index (χ3n) is 2.62. The maximum absolute atomic E-state index is 11.9. The summed E-state index contributed by atoms with van der Waals surface area (Å²) >= 11 is 0. The molecule has 0 radical (unpaired) electrons. The summed E-state index contributed by atoms with van der Waals surface area (Å²) in [6, 6.07) is 0.330. The van der Waals surface area contributed by atoms with Crippen molar-refractivity contribution in [3.05, 3.63) is 0 Å². The van der Waals surface area contributed by atoms with Crippen LogP contribution in [0.3, 0.4) is 0 Å². The number of hydrogen-bond acceptors (Lipinski definition) is 1. The van der Waals surface area contributed by atoms with Crippen molar-refractivity contribution >= 4 is 0 Å². The molecule has 1 saturated heterocycles. The number of rotatable bonds is 2. The molecule has 1 heterocycles. The van der Waals surface area contributed by atoms with Gasteiger partial charge >= 0.3 is 6.18 Å². The molecular formula is C9H16F3N. The van der Waals surface area contributed by atoms with Crippen LogP contribution >= 0.6 is 0 Å². The van der Waals surface area contributed by atoms with E-state index in [4.69, 9.17) is 0 Å². The Hall–Kier alpha value is -0.250. The molecule has 13 heavy (non-hydrogen) atoms. The number of halogens is 3. The van der Waals surface area contributed by atoms with Gasteiger partial charge in [0.15, 0.2) is 0 Å². The molecule has 0 aromatic heterocycles. The molecule has 0 spiro atoms. The Morgan fingerprint density at radius 2 is 2.00 bits per heavy atom. The van der Waals surface area contributed by atoms with E-state index in [1.165, 1.54) is 0 Å². The van der Waals surface area contributed by atoms with Crippen LogP contribution in [0.1, 0.15) is 32.6 Å². The molecule has 1 atom stereocenters. The molecule has 0 saturated carbocycles. The maximum Gasteiger partial charge on any atom is 0.390 e. The lowest BCUT2D eigenvalue weighted by atomic mass is 10.0. The largest absolute Gasteiger partial charge is 0.390 e. The highest BCUT2D eigenvalue weighted by Gasteiger charge is 2.29. The lowest BCUT2D eigenvalue weighted by Crippen LogP contribution is -2.39. The average molecular weight is 195 g/mol. The van der Waals surface area contributed by atoms with Gasteiger partial charge in [-0.1, -0.05) is 6.42 Å². The minimum absolute atomic E-state index is 0.171. The molecule has 1 unspecified atom stereocenters. The van der Waals surface area contributed by atoms with Crippen LogP contribution in [0.15, 0.2) is 0 Å². The van der Waals surface area contributed by atoms with Crippen molar-refractivity contribution < 1.29 is 13.2 Å². The predicted molar refractivity (Wildman–Crippen MR) is 45.6 cm³/mol. The standard InChI is InChI=1S/C9H16F3N/c1-8-4-2-3-6-13(8)7-5-9(10,11)12/h8H,2-7H2,1H3. The first-order valence-corrected chi connectivity index (χ1v) is 4.80. The summed E-state index contributed by atoms with van der Waals surface area (Å²) in [7, 11) is 0. The summed E-state index contributed by atoms with van der Waals surface area (Å²) in [5.41, 5.74) is 0. The van der Waals surface area contributed by atoms with Gasteiger partial charge in [-0.3, -0.25) is 0 Å². The molecule has 0 aliphatic carbocycles. The fraction of sp³-hybridized carbons (Fsp3) is 1.00. The Kier molecular flexibility index (Phi) is 3.59. The summed E-state index contributed by atoms with van der Waals surface area (Å²) in [5.74, 6) is 0. The number of hydrogen-bond donors (Lipinski definition) is 0. The topological polar surface area (TPSA) is 3.24 Å². The third-order valence-corrected chi connectivity index (χ3v) is 2.62. The van der Waals surface area contributed by atoms with Crippen molar-refractivity contribution in [2.24, 2.45) is 0 Å². The smallest absolute Gasteiger partial charge is 0.300 e. The summed E-state index contributed by atoms with van der Waals surface area (Å²) in [6.45, 7) is 3.01. The van der Waals surface area contributed by atoms with E-state index >= 15 is 0 Å². The van der Waals surface area contributed by atoms with Crippen molar-refractivity contribution in [1.29, 1.82) is 0 Å². The zero-order valence-corrected chi connectivity index (χ0v) is 7.90. The third kappa shape index (κ3) is 3.98. The van der Waals surface area contributed by atoms with E-state index in [0.29, 0.717) is 6.04 Å². The quantitative estimate of drug-likeness (QED) is 0.655. The monoisotopic (exact) mass is 195 g/mol. The molecule has 1 fully saturated rings. The molecule has 0 aromatic carbocycles. The van der Waals surface area contributed by atoms with Crippen LogP contribution in [0, 0.1) is 0 Å². The Balaban J connectivity index is 2.27. The van der Waals surface area contributed by atoms with E-state index in [9.17, 15) is 13.2 Å². The Labute approximate surface area is 76.9 Å². The van der Waals surface area contributed by atoms with Gasteiger partial charge in [0.2, 0.25) is 0 Å². The van der Waals surface area contributed by atoms with Gasteiger partial charge in [0.25, 0.3) is 0 Å². The van der Waals surface area contributed by atoms with Crippen LogP contribution in [0.2, 0.25) is 0 Å². The zero-order valence-electron chi connectivity index (χ0n) is 7.90. The maximum atomic E-state index is 11.9. The van der Waals surface area contributed by atoms with Crippen LogP contribution in [-0.2, 0) is 0 Å². The highest BCUT2D eigenvalue weighted by atomic mass is 19.4. The molecule has 0 amide bonds. The Morgan fingerprint density at radius 3 is 2.54 bits per heavy atom. The van der Waals surface area contributed by atoms with Gasteiger partial charge in [-0.15, -0.1) is 0 Å².